The summed E-state index contributed by atoms with van der Waals surface area (Å²) < 4.78 is 2.12. The second kappa shape index (κ2) is 6.69. The van der Waals surface area contributed by atoms with Crippen molar-refractivity contribution in [3.05, 3.63) is 30.1 Å². The lowest BCUT2D eigenvalue weighted by molar-refractivity contribution is -0.126. The molecule has 1 aromatic carbocycles. The van der Waals surface area contributed by atoms with Crippen LogP contribution in [0, 0.1) is 0 Å². The van der Waals surface area contributed by atoms with Crippen LogP contribution in [0.2, 0.25) is 0 Å². The molecular formula is C16H19N5O3. The van der Waals surface area contributed by atoms with Crippen molar-refractivity contribution in [3.63, 3.8) is 0 Å². The molecule has 8 nitrogen and oxygen atoms in total. The third kappa shape index (κ3) is 3.22. The molecule has 1 aromatic heterocycles. The number of amides is 4. The minimum Gasteiger partial charge on any atom is -0.356 e. The Kier molecular flexibility index (Phi) is 4.45. The normalized spacial score (nSPS) is 17.0. The summed E-state index contributed by atoms with van der Waals surface area (Å²) in [5.41, 5.74) is 2.01. The third-order valence-corrected chi connectivity index (χ3v) is 3.97. The van der Waals surface area contributed by atoms with E-state index in [-0.39, 0.29) is 12.3 Å². The molecule has 0 bridgehead atoms. The van der Waals surface area contributed by atoms with Crippen LogP contribution in [0.25, 0.3) is 11.0 Å². The molecule has 3 N–H and O–H groups in total. The number of imidazole rings is 1. The number of nitrogens with zero attached hydrogens (tertiary/aromatic N) is 2. The van der Waals surface area contributed by atoms with Gasteiger partial charge >= 0.3 is 6.03 Å². The second-order valence-electron chi connectivity index (χ2n) is 5.58. The molecule has 0 saturated carbocycles. The van der Waals surface area contributed by atoms with Gasteiger partial charge in [0.1, 0.15) is 11.9 Å². The smallest absolute Gasteiger partial charge is 0.322 e. The number of urea groups is 1. The van der Waals surface area contributed by atoms with E-state index in [1.54, 1.807) is 0 Å². The van der Waals surface area contributed by atoms with Crippen LogP contribution >= 0.6 is 0 Å². The first kappa shape index (κ1) is 16.0. The lowest BCUT2D eigenvalue weighted by Gasteiger charge is -2.09. The molecule has 4 amide bonds. The molecule has 1 saturated heterocycles. The highest BCUT2D eigenvalue weighted by atomic mass is 16.2. The van der Waals surface area contributed by atoms with E-state index in [0.717, 1.165) is 23.4 Å². The zero-order chi connectivity index (χ0) is 17.1. The number of carbonyl (C=O) groups is 3. The van der Waals surface area contributed by atoms with Gasteiger partial charge in [-0.15, -0.1) is 0 Å². The summed E-state index contributed by atoms with van der Waals surface area (Å²) in [6, 6.07) is 6.55. The number of aryl methyl sites for hydroxylation is 1. The first-order chi connectivity index (χ1) is 11.6. The fourth-order valence-electron chi connectivity index (χ4n) is 2.84. The Balaban J connectivity index is 1.56. The van der Waals surface area contributed by atoms with Gasteiger partial charge in [0.15, 0.2) is 0 Å². The maximum absolute atomic E-state index is 11.9. The number of fused-ring (bicyclic) bond motifs is 1. The van der Waals surface area contributed by atoms with Gasteiger partial charge in [0.05, 0.1) is 17.5 Å². The fourth-order valence-corrected chi connectivity index (χ4v) is 2.84. The van der Waals surface area contributed by atoms with Crippen LogP contribution in [0.4, 0.5) is 4.79 Å². The molecule has 1 unspecified atom stereocenters. The number of para-hydroxylation sites is 2. The van der Waals surface area contributed by atoms with E-state index < -0.39 is 18.0 Å². The van der Waals surface area contributed by atoms with Crippen molar-refractivity contribution in [2.75, 3.05) is 6.54 Å². The van der Waals surface area contributed by atoms with Gasteiger partial charge in [0.2, 0.25) is 5.91 Å². The van der Waals surface area contributed by atoms with E-state index >= 15 is 0 Å². The first-order valence-electron chi connectivity index (χ1n) is 7.90. The molecule has 1 aliphatic rings. The van der Waals surface area contributed by atoms with Gasteiger partial charge in [-0.1, -0.05) is 12.1 Å². The number of hydrogen-bond acceptors (Lipinski definition) is 4. The Labute approximate surface area is 138 Å². The molecular weight excluding hydrogens is 310 g/mol. The van der Waals surface area contributed by atoms with Gasteiger partial charge in [0, 0.05) is 19.5 Å². The summed E-state index contributed by atoms with van der Waals surface area (Å²) in [5, 5.41) is 7.27. The standard InChI is InChI=1S/C16H19N5O3/c1-2-21-12-6-4-3-5-10(12)18-13(21)7-8-17-14(22)9-11-15(23)20-16(24)19-11/h3-6,11H,2,7-9H2,1H3,(H,17,22)(H2,19,20,23,24). The molecule has 24 heavy (non-hydrogen) atoms. The van der Waals surface area contributed by atoms with E-state index in [1.165, 1.54) is 0 Å². The van der Waals surface area contributed by atoms with Crippen molar-refractivity contribution in [1.29, 1.82) is 0 Å². The Morgan fingerprint density at radius 1 is 1.33 bits per heavy atom. The number of imide groups is 1. The highest BCUT2D eigenvalue weighted by molar-refractivity contribution is 6.05. The summed E-state index contributed by atoms with van der Waals surface area (Å²) in [7, 11) is 0. The molecule has 0 aliphatic carbocycles. The van der Waals surface area contributed by atoms with Crippen molar-refractivity contribution < 1.29 is 14.4 Å². The number of hydrogen-bond donors (Lipinski definition) is 3. The van der Waals surface area contributed by atoms with Crippen LogP contribution in [0.3, 0.4) is 0 Å². The second-order valence-corrected chi connectivity index (χ2v) is 5.58. The van der Waals surface area contributed by atoms with E-state index in [2.05, 4.69) is 32.4 Å². The van der Waals surface area contributed by atoms with E-state index in [9.17, 15) is 14.4 Å². The SMILES string of the molecule is CCn1c(CCNC(=O)CC2NC(=O)NC2=O)nc2ccccc21. The lowest BCUT2D eigenvalue weighted by atomic mass is 10.2. The highest BCUT2D eigenvalue weighted by Gasteiger charge is 2.31. The number of rotatable bonds is 6. The van der Waals surface area contributed by atoms with E-state index in [4.69, 9.17) is 0 Å². The first-order valence-corrected chi connectivity index (χ1v) is 7.90. The summed E-state index contributed by atoms with van der Waals surface area (Å²) in [6.07, 6.45) is 0.527. The summed E-state index contributed by atoms with van der Waals surface area (Å²) in [4.78, 5) is 38.9. The van der Waals surface area contributed by atoms with Crippen molar-refractivity contribution in [2.45, 2.75) is 32.4 Å². The van der Waals surface area contributed by atoms with Crippen LogP contribution in [0.5, 0.6) is 0 Å². The molecule has 1 aliphatic heterocycles. The molecule has 0 radical (unpaired) electrons. The molecule has 3 rings (SSSR count). The van der Waals surface area contributed by atoms with Crippen LogP contribution in [0.1, 0.15) is 19.2 Å². The average Bonchev–Trinajstić information content (AvgIpc) is 3.06. The summed E-state index contributed by atoms with van der Waals surface area (Å²) in [6.45, 7) is 3.28. The molecule has 2 aromatic rings. The Hall–Kier alpha value is -2.90. The molecule has 2 heterocycles. The van der Waals surface area contributed by atoms with Crippen LogP contribution in [-0.2, 0) is 22.6 Å². The number of benzene rings is 1. The number of carbonyl (C=O) groups excluding carboxylic acids is 3. The Bertz CT molecular complexity index is 798. The van der Waals surface area contributed by atoms with Gasteiger partial charge < -0.3 is 15.2 Å². The molecule has 0 spiro atoms. The van der Waals surface area contributed by atoms with E-state index in [1.807, 2.05) is 24.3 Å². The third-order valence-electron chi connectivity index (χ3n) is 3.97. The molecule has 1 fully saturated rings. The Morgan fingerprint density at radius 2 is 2.12 bits per heavy atom. The maximum Gasteiger partial charge on any atom is 0.322 e. The van der Waals surface area contributed by atoms with Gasteiger partial charge in [-0.2, -0.15) is 0 Å². The van der Waals surface area contributed by atoms with Gasteiger partial charge in [-0.3, -0.25) is 14.9 Å². The van der Waals surface area contributed by atoms with Crippen molar-refractivity contribution in [3.8, 4) is 0 Å². The monoisotopic (exact) mass is 329 g/mol. The van der Waals surface area contributed by atoms with Crippen LogP contribution in [-0.4, -0.2) is 40.0 Å². The van der Waals surface area contributed by atoms with Crippen LogP contribution in [0.15, 0.2) is 24.3 Å². The topological polar surface area (TPSA) is 105 Å². The highest BCUT2D eigenvalue weighted by Crippen LogP contribution is 2.16. The zero-order valence-electron chi connectivity index (χ0n) is 13.3. The van der Waals surface area contributed by atoms with E-state index in [0.29, 0.717) is 13.0 Å². The van der Waals surface area contributed by atoms with Gasteiger partial charge in [-0.25, -0.2) is 9.78 Å². The predicted octanol–water partition coefficient (Wildman–Crippen LogP) is 0.313. The quantitative estimate of drug-likeness (QED) is 0.663. The molecule has 8 heteroatoms. The van der Waals surface area contributed by atoms with Gasteiger partial charge in [0.25, 0.3) is 5.91 Å². The summed E-state index contributed by atoms with van der Waals surface area (Å²) in [5.74, 6) is 0.158. The maximum atomic E-state index is 11.9. The zero-order valence-corrected chi connectivity index (χ0v) is 13.3. The van der Waals surface area contributed by atoms with Crippen molar-refractivity contribution in [2.24, 2.45) is 0 Å². The largest absolute Gasteiger partial charge is 0.356 e. The Morgan fingerprint density at radius 3 is 2.83 bits per heavy atom. The predicted molar refractivity (Wildman–Crippen MR) is 87.2 cm³/mol. The van der Waals surface area contributed by atoms with Crippen molar-refractivity contribution in [1.82, 2.24) is 25.5 Å². The molecule has 126 valence electrons. The molecule has 1 atom stereocenters. The minimum absolute atomic E-state index is 0.0677. The van der Waals surface area contributed by atoms with Crippen LogP contribution < -0.4 is 16.0 Å². The average molecular weight is 329 g/mol. The minimum atomic E-state index is -0.794. The van der Waals surface area contributed by atoms with Crippen molar-refractivity contribution >= 4 is 28.9 Å². The fraction of sp³-hybridized carbons (Fsp3) is 0.375. The summed E-state index contributed by atoms with van der Waals surface area (Å²) >= 11 is 0. The lowest BCUT2D eigenvalue weighted by Crippen LogP contribution is -2.37. The van der Waals surface area contributed by atoms with Gasteiger partial charge in [-0.05, 0) is 19.1 Å². The number of aromatic nitrogens is 2. The number of nitrogens with one attached hydrogen (secondary N) is 3.